The van der Waals surface area contributed by atoms with Crippen molar-refractivity contribution in [3.63, 3.8) is 0 Å². The largest absolute Gasteiger partial charge is 0.503 e. The molecule has 0 atom stereocenters. The molecule has 0 aromatic rings. The van der Waals surface area contributed by atoms with E-state index in [1.54, 1.807) is 6.92 Å². The molecule has 0 amide bonds. The van der Waals surface area contributed by atoms with E-state index in [0.717, 1.165) is 11.8 Å². The van der Waals surface area contributed by atoms with Gasteiger partial charge in [-0.2, -0.15) is 0 Å². The average molecular weight is 279 g/mol. The van der Waals surface area contributed by atoms with Crippen molar-refractivity contribution in [2.24, 2.45) is 0 Å². The Bertz CT molecular complexity index is 345. The van der Waals surface area contributed by atoms with Gasteiger partial charge in [-0.25, -0.2) is 4.79 Å². The summed E-state index contributed by atoms with van der Waals surface area (Å²) in [6.07, 6.45) is 1.17. The van der Waals surface area contributed by atoms with Gasteiger partial charge in [-0.3, -0.25) is 4.79 Å². The highest BCUT2D eigenvalue weighted by atomic mass is 79.9. The first-order chi connectivity index (χ1) is 6.56. The van der Waals surface area contributed by atoms with E-state index < -0.39 is 11.1 Å². The van der Waals surface area contributed by atoms with Gasteiger partial charge in [0.2, 0.25) is 0 Å². The van der Waals surface area contributed by atoms with E-state index >= 15 is 0 Å². The summed E-state index contributed by atoms with van der Waals surface area (Å²) in [5.41, 5.74) is 0. The van der Waals surface area contributed by atoms with Gasteiger partial charge in [0.25, 0.3) is 5.12 Å². The van der Waals surface area contributed by atoms with Gasteiger partial charge in [-0.1, -0.05) is 0 Å². The van der Waals surface area contributed by atoms with Gasteiger partial charge in [0.05, 0.1) is 11.1 Å². The molecule has 1 N–H and O–H groups in total. The van der Waals surface area contributed by atoms with Gasteiger partial charge in [0.1, 0.15) is 0 Å². The van der Waals surface area contributed by atoms with E-state index in [1.165, 1.54) is 6.08 Å². The fourth-order valence-electron chi connectivity index (χ4n) is 0.783. The van der Waals surface area contributed by atoms with Gasteiger partial charge < -0.3 is 9.84 Å². The molecule has 1 aliphatic heterocycles. The maximum Gasteiger partial charge on any atom is 0.331 e. The second kappa shape index (κ2) is 4.65. The van der Waals surface area contributed by atoms with Crippen LogP contribution in [0.25, 0.3) is 0 Å². The van der Waals surface area contributed by atoms with E-state index in [0.29, 0.717) is 4.91 Å². The molecular weight excluding hydrogens is 272 g/mol. The van der Waals surface area contributed by atoms with Crippen LogP contribution in [0.1, 0.15) is 6.92 Å². The number of halogens is 1. The minimum absolute atomic E-state index is 0.237. The first kappa shape index (κ1) is 11.3. The maximum absolute atomic E-state index is 11.0. The Hall–Kier alpha value is -0.750. The van der Waals surface area contributed by atoms with Gasteiger partial charge in [-0.15, -0.1) is 0 Å². The van der Waals surface area contributed by atoms with Crippen molar-refractivity contribution in [2.75, 3.05) is 6.61 Å². The Balaban J connectivity index is 2.82. The highest BCUT2D eigenvalue weighted by molar-refractivity contribution is 9.12. The summed E-state index contributed by atoms with van der Waals surface area (Å²) in [6, 6.07) is 0. The molecule has 0 aliphatic carbocycles. The van der Waals surface area contributed by atoms with Gasteiger partial charge >= 0.3 is 5.97 Å². The SMILES string of the molecule is CCOC(=O)/C=C1\SC(=O)C(O)=C1Br. The lowest BCUT2D eigenvalue weighted by atomic mass is 10.4. The minimum atomic E-state index is -0.533. The van der Waals surface area contributed by atoms with Crippen LogP contribution >= 0.6 is 27.7 Å². The smallest absolute Gasteiger partial charge is 0.331 e. The fraction of sp³-hybridized carbons (Fsp3) is 0.250. The quantitative estimate of drug-likeness (QED) is 0.617. The topological polar surface area (TPSA) is 63.6 Å². The molecule has 0 saturated carbocycles. The molecule has 0 bridgehead atoms. The third-order valence-electron chi connectivity index (χ3n) is 1.36. The monoisotopic (exact) mass is 278 g/mol. The van der Waals surface area contributed by atoms with E-state index in [-0.39, 0.29) is 16.8 Å². The fourth-order valence-corrected chi connectivity index (χ4v) is 2.19. The molecule has 0 aromatic heterocycles. The Labute approximate surface area is 93.1 Å². The molecule has 6 heteroatoms. The molecule has 1 heterocycles. The summed E-state index contributed by atoms with van der Waals surface area (Å²) in [5, 5.41) is 8.67. The summed E-state index contributed by atoms with van der Waals surface area (Å²) in [4.78, 5) is 22.3. The molecule has 4 nitrogen and oxygen atoms in total. The first-order valence-corrected chi connectivity index (χ1v) is 5.37. The lowest BCUT2D eigenvalue weighted by Gasteiger charge is -1.97. The summed E-state index contributed by atoms with van der Waals surface area (Å²) in [7, 11) is 0. The molecule has 0 unspecified atom stereocenters. The molecule has 0 radical (unpaired) electrons. The number of carbonyl (C=O) groups is 2. The summed E-state index contributed by atoms with van der Waals surface area (Å²) in [6.45, 7) is 1.96. The maximum atomic E-state index is 11.0. The van der Waals surface area contributed by atoms with Crippen LogP contribution in [-0.4, -0.2) is 22.8 Å². The van der Waals surface area contributed by atoms with Gasteiger partial charge in [0.15, 0.2) is 5.76 Å². The third-order valence-corrected chi connectivity index (χ3v) is 3.34. The van der Waals surface area contributed by atoms with E-state index in [1.807, 2.05) is 0 Å². The van der Waals surface area contributed by atoms with Crippen molar-refractivity contribution in [1.82, 2.24) is 0 Å². The van der Waals surface area contributed by atoms with Crippen molar-refractivity contribution >= 4 is 38.8 Å². The Morgan fingerprint density at radius 3 is 2.79 bits per heavy atom. The van der Waals surface area contributed by atoms with Crippen LogP contribution < -0.4 is 0 Å². The van der Waals surface area contributed by atoms with Gasteiger partial charge in [0, 0.05) is 11.0 Å². The number of hydrogen-bond donors (Lipinski definition) is 1. The van der Waals surface area contributed by atoms with E-state index in [2.05, 4.69) is 20.7 Å². The first-order valence-electron chi connectivity index (χ1n) is 3.76. The number of aliphatic hydroxyl groups excluding tert-OH is 1. The molecule has 76 valence electrons. The number of carbonyl (C=O) groups excluding carboxylic acids is 2. The predicted molar refractivity (Wildman–Crippen MR) is 55.9 cm³/mol. The van der Waals surface area contributed by atoms with Crippen molar-refractivity contribution in [3.8, 4) is 0 Å². The molecule has 0 aromatic carbocycles. The van der Waals surface area contributed by atoms with Crippen LogP contribution in [0.5, 0.6) is 0 Å². The summed E-state index contributed by atoms with van der Waals surface area (Å²) < 4.78 is 4.89. The minimum Gasteiger partial charge on any atom is -0.503 e. The highest BCUT2D eigenvalue weighted by Crippen LogP contribution is 2.39. The second-order valence-corrected chi connectivity index (χ2v) is 4.12. The standard InChI is InChI=1S/C8H7BrO4S/c1-2-13-5(10)3-4-6(9)7(11)8(12)14-4/h3,11H,2H2,1H3/b4-3-. The van der Waals surface area contributed by atoms with Crippen LogP contribution in [0.4, 0.5) is 0 Å². The van der Waals surface area contributed by atoms with Crippen LogP contribution in [0.3, 0.4) is 0 Å². The lowest BCUT2D eigenvalue weighted by molar-refractivity contribution is -0.137. The molecule has 0 spiro atoms. The van der Waals surface area contributed by atoms with Crippen molar-refractivity contribution in [1.29, 1.82) is 0 Å². The molecular formula is C8H7BrO4S. The average Bonchev–Trinajstić information content (AvgIpc) is 2.34. The Morgan fingerprint density at radius 2 is 2.36 bits per heavy atom. The number of aliphatic hydroxyl groups is 1. The number of allylic oxidation sites excluding steroid dienone is 1. The molecule has 1 aliphatic rings. The third kappa shape index (κ3) is 2.39. The Morgan fingerprint density at radius 1 is 1.71 bits per heavy atom. The normalized spacial score (nSPS) is 19.3. The van der Waals surface area contributed by atoms with E-state index in [4.69, 9.17) is 5.11 Å². The summed E-state index contributed by atoms with van der Waals surface area (Å²) in [5.74, 6) is -0.903. The summed E-state index contributed by atoms with van der Waals surface area (Å²) >= 11 is 3.79. The van der Waals surface area contributed by atoms with Crippen LogP contribution in [0.2, 0.25) is 0 Å². The van der Waals surface area contributed by atoms with E-state index in [9.17, 15) is 9.59 Å². The van der Waals surface area contributed by atoms with Crippen molar-refractivity contribution < 1.29 is 19.4 Å². The molecule has 0 fully saturated rings. The highest BCUT2D eigenvalue weighted by Gasteiger charge is 2.27. The zero-order valence-electron chi connectivity index (χ0n) is 7.24. The zero-order chi connectivity index (χ0) is 10.7. The number of thioether (sulfide) groups is 1. The molecule has 0 saturated heterocycles. The molecule has 14 heavy (non-hydrogen) atoms. The van der Waals surface area contributed by atoms with Crippen LogP contribution in [0, 0.1) is 0 Å². The second-order valence-electron chi connectivity index (χ2n) is 2.31. The van der Waals surface area contributed by atoms with Crippen molar-refractivity contribution in [2.45, 2.75) is 6.92 Å². The van der Waals surface area contributed by atoms with Crippen LogP contribution in [-0.2, 0) is 14.3 Å². The molecule has 1 rings (SSSR count). The number of esters is 1. The number of ether oxygens (including phenoxy) is 1. The zero-order valence-corrected chi connectivity index (χ0v) is 9.65. The number of rotatable bonds is 2. The predicted octanol–water partition coefficient (Wildman–Crippen LogP) is 1.87. The Kier molecular flexibility index (Phi) is 3.77. The van der Waals surface area contributed by atoms with Crippen LogP contribution in [0.15, 0.2) is 21.2 Å². The number of hydrogen-bond acceptors (Lipinski definition) is 5. The van der Waals surface area contributed by atoms with Gasteiger partial charge in [-0.05, 0) is 34.6 Å². The lowest BCUT2D eigenvalue weighted by Crippen LogP contribution is -1.99. The van der Waals surface area contributed by atoms with Crippen molar-refractivity contribution in [3.05, 3.63) is 21.2 Å².